The predicted octanol–water partition coefficient (Wildman–Crippen LogP) is 7.64. The summed E-state index contributed by atoms with van der Waals surface area (Å²) < 4.78 is 21.0. The summed E-state index contributed by atoms with van der Waals surface area (Å²) in [5, 5.41) is 15.6. The summed E-state index contributed by atoms with van der Waals surface area (Å²) in [4.78, 5) is 19.9. The lowest BCUT2D eigenvalue weighted by molar-refractivity contribution is -0.160. The number of fused-ring (bicyclic) bond motifs is 6. The Balaban J connectivity index is 1.57. The van der Waals surface area contributed by atoms with Crippen LogP contribution in [0.1, 0.15) is 75.9 Å². The first-order valence-electron chi connectivity index (χ1n) is 16.5. The number of benzene rings is 2. The van der Waals surface area contributed by atoms with Gasteiger partial charge in [0.2, 0.25) is 0 Å². The Bertz CT molecular complexity index is 1850. The van der Waals surface area contributed by atoms with E-state index >= 15 is 0 Å². The highest BCUT2D eigenvalue weighted by Crippen LogP contribution is 2.40. The van der Waals surface area contributed by atoms with E-state index in [1.807, 2.05) is 58.9 Å². The fraction of sp³-hybridized carbons (Fsp3) is 0.447. The van der Waals surface area contributed by atoms with Crippen molar-refractivity contribution in [2.45, 2.75) is 91.6 Å². The summed E-state index contributed by atoms with van der Waals surface area (Å²) in [7, 11) is 0. The van der Waals surface area contributed by atoms with Crippen LogP contribution in [0.3, 0.4) is 0 Å². The summed E-state index contributed by atoms with van der Waals surface area (Å²) in [6.45, 7) is 17.7. The van der Waals surface area contributed by atoms with Crippen LogP contribution in [0.25, 0.3) is 28.0 Å². The maximum Gasteiger partial charge on any atom is 0.337 e. The lowest BCUT2D eigenvalue weighted by atomic mass is 9.92. The normalized spacial score (nSPS) is 21.4. The number of hydrogen-bond acceptors (Lipinski definition) is 7. The number of aliphatic carboxylic acids is 1. The molecule has 1 saturated heterocycles. The Labute approximate surface area is 277 Å². The minimum Gasteiger partial charge on any atom is -0.486 e. The number of piperidine rings is 1. The molecule has 1 fully saturated rings. The first-order chi connectivity index (χ1) is 22.2. The number of aromatic nitrogens is 3. The molecule has 2 atom stereocenters. The first-order valence-corrected chi connectivity index (χ1v) is 16.5. The number of ether oxygens (including phenoxy) is 3. The molecule has 47 heavy (non-hydrogen) atoms. The number of carbonyl (C=O) groups is 1. The Morgan fingerprint density at radius 1 is 1.06 bits per heavy atom. The number of carboxylic acids is 1. The first kappa shape index (κ1) is 32.7. The van der Waals surface area contributed by atoms with Crippen molar-refractivity contribution in [3.05, 3.63) is 77.0 Å². The zero-order valence-corrected chi connectivity index (χ0v) is 28.8. The molecule has 3 aliphatic rings. The van der Waals surface area contributed by atoms with Crippen LogP contribution in [0.15, 0.2) is 54.6 Å². The highest BCUT2D eigenvalue weighted by Gasteiger charge is 2.37. The van der Waals surface area contributed by atoms with Gasteiger partial charge in [0.25, 0.3) is 0 Å². The highest BCUT2D eigenvalue weighted by atomic mass is 16.5. The largest absolute Gasteiger partial charge is 0.486 e. The second kappa shape index (κ2) is 12.4. The van der Waals surface area contributed by atoms with Gasteiger partial charge in [-0.3, -0.25) is 0 Å². The summed E-state index contributed by atoms with van der Waals surface area (Å²) in [6.07, 6.45) is 4.24. The van der Waals surface area contributed by atoms with Gasteiger partial charge in [0.1, 0.15) is 17.7 Å². The molecule has 0 amide bonds. The molecule has 0 unspecified atom stereocenters. The highest BCUT2D eigenvalue weighted by molar-refractivity contribution is 5.80. The zero-order chi connectivity index (χ0) is 33.7. The lowest BCUT2D eigenvalue weighted by Gasteiger charge is -2.41. The second-order valence-corrected chi connectivity index (χ2v) is 14.2. The Morgan fingerprint density at radius 2 is 1.77 bits per heavy atom. The molecule has 6 bridgehead atoms. The SMILES string of the molecule is Cc1cc2c(cc1C)-c1cccc(c1)-c1cc3nc(C)c([C@H](OC(C)(C)C)C(=O)O)c(n3n1)N1CCC(C)(CC1)OC/C=C/[C@H](C)O2. The van der Waals surface area contributed by atoms with E-state index in [1.165, 1.54) is 5.56 Å². The van der Waals surface area contributed by atoms with Gasteiger partial charge in [-0.1, -0.05) is 24.3 Å². The molecule has 0 spiro atoms. The van der Waals surface area contributed by atoms with E-state index in [0.29, 0.717) is 42.4 Å². The number of anilines is 1. The monoisotopic (exact) mass is 638 g/mol. The average molecular weight is 639 g/mol. The van der Waals surface area contributed by atoms with Crippen LogP contribution in [0, 0.1) is 20.8 Å². The van der Waals surface area contributed by atoms with Crippen LogP contribution in [-0.4, -0.2) is 62.7 Å². The fourth-order valence-electron chi connectivity index (χ4n) is 6.48. The number of rotatable bonds is 3. The van der Waals surface area contributed by atoms with E-state index in [1.54, 1.807) is 4.52 Å². The molecule has 0 saturated carbocycles. The molecule has 9 heteroatoms. The Morgan fingerprint density at radius 3 is 2.47 bits per heavy atom. The van der Waals surface area contributed by atoms with E-state index in [0.717, 1.165) is 46.5 Å². The van der Waals surface area contributed by atoms with Crippen molar-refractivity contribution >= 4 is 17.4 Å². The van der Waals surface area contributed by atoms with Gasteiger partial charge in [0.05, 0.1) is 29.1 Å². The molecule has 248 valence electrons. The number of nitrogens with zero attached hydrogens (tertiary/aromatic N) is 4. The molecule has 3 aliphatic heterocycles. The van der Waals surface area contributed by atoms with Gasteiger partial charge in [0.15, 0.2) is 11.8 Å². The van der Waals surface area contributed by atoms with Crippen molar-refractivity contribution in [3.8, 4) is 28.1 Å². The third-order valence-electron chi connectivity index (χ3n) is 9.20. The molecule has 7 rings (SSSR count). The van der Waals surface area contributed by atoms with Crippen LogP contribution in [0.2, 0.25) is 0 Å². The Kier molecular flexibility index (Phi) is 8.65. The van der Waals surface area contributed by atoms with Gasteiger partial charge in [-0.2, -0.15) is 9.61 Å². The van der Waals surface area contributed by atoms with Gasteiger partial charge in [-0.05, 0) is 109 Å². The second-order valence-electron chi connectivity index (χ2n) is 14.2. The molecular formula is C38H46N4O5. The Hall–Kier alpha value is -4.21. The predicted molar refractivity (Wildman–Crippen MR) is 184 cm³/mol. The van der Waals surface area contributed by atoms with Crippen LogP contribution in [-0.2, 0) is 14.3 Å². The third kappa shape index (κ3) is 6.78. The molecule has 1 N–H and O–H groups in total. The van der Waals surface area contributed by atoms with E-state index < -0.39 is 17.7 Å². The number of hydrogen-bond donors (Lipinski definition) is 1. The van der Waals surface area contributed by atoms with Gasteiger partial charge in [-0.25, -0.2) is 9.78 Å². The molecular weight excluding hydrogens is 592 g/mol. The minimum atomic E-state index is -1.22. The maximum absolute atomic E-state index is 12.8. The smallest absolute Gasteiger partial charge is 0.337 e. The van der Waals surface area contributed by atoms with Crippen molar-refractivity contribution in [2.24, 2.45) is 0 Å². The molecule has 2 aromatic heterocycles. The molecule has 0 radical (unpaired) electrons. The average Bonchev–Trinajstić information content (AvgIpc) is 3.43. The lowest BCUT2D eigenvalue weighted by Crippen LogP contribution is -2.45. The summed E-state index contributed by atoms with van der Waals surface area (Å²) in [5.41, 5.74) is 6.77. The van der Waals surface area contributed by atoms with Crippen LogP contribution >= 0.6 is 0 Å². The van der Waals surface area contributed by atoms with Crippen molar-refractivity contribution < 1.29 is 24.1 Å². The molecule has 9 nitrogen and oxygen atoms in total. The summed E-state index contributed by atoms with van der Waals surface area (Å²) >= 11 is 0. The maximum atomic E-state index is 12.8. The molecule has 5 heterocycles. The van der Waals surface area contributed by atoms with Crippen LogP contribution in [0.4, 0.5) is 5.82 Å². The van der Waals surface area contributed by atoms with Gasteiger partial charge >= 0.3 is 5.97 Å². The van der Waals surface area contributed by atoms with Gasteiger partial charge < -0.3 is 24.2 Å². The van der Waals surface area contributed by atoms with E-state index in [-0.39, 0.29) is 11.7 Å². The number of aryl methyl sites for hydroxylation is 3. The fourth-order valence-corrected chi connectivity index (χ4v) is 6.48. The van der Waals surface area contributed by atoms with E-state index in [2.05, 4.69) is 56.0 Å². The van der Waals surface area contributed by atoms with Crippen molar-refractivity contribution in [1.29, 1.82) is 0 Å². The van der Waals surface area contributed by atoms with Gasteiger partial charge in [0, 0.05) is 36.0 Å². The van der Waals surface area contributed by atoms with E-state index in [9.17, 15) is 9.90 Å². The molecule has 2 aromatic carbocycles. The van der Waals surface area contributed by atoms with Crippen molar-refractivity contribution in [3.63, 3.8) is 0 Å². The van der Waals surface area contributed by atoms with Crippen molar-refractivity contribution in [1.82, 2.24) is 14.6 Å². The standard InChI is InChI=1S/C38H46N4O5/c1-23-19-29-27-12-9-13-28(21-27)30-22-32-39-26(4)33(34(36(43)44)47-37(5,6)7)35(42(32)40-30)41-16-14-38(8,15-17-41)45-18-10-11-25(3)46-31(29)20-24(23)2/h9-13,19-22,25,34H,14-18H2,1-8H3,(H,43,44)/b11-10+/t25-,34-/m0/s1. The molecule has 0 aliphatic carbocycles. The van der Waals surface area contributed by atoms with Crippen LogP contribution in [0.5, 0.6) is 5.75 Å². The van der Waals surface area contributed by atoms with Gasteiger partial charge in [-0.15, -0.1) is 0 Å². The topological polar surface area (TPSA) is 98.4 Å². The van der Waals surface area contributed by atoms with Crippen LogP contribution < -0.4 is 9.64 Å². The third-order valence-corrected chi connectivity index (χ3v) is 9.20. The van der Waals surface area contributed by atoms with E-state index in [4.69, 9.17) is 24.3 Å². The molecule has 4 aromatic rings. The minimum absolute atomic E-state index is 0.153. The summed E-state index contributed by atoms with van der Waals surface area (Å²) in [5.74, 6) is 0.455. The quantitative estimate of drug-likeness (QED) is 0.229. The van der Waals surface area contributed by atoms with Crippen molar-refractivity contribution in [2.75, 3.05) is 24.6 Å². The number of carboxylic acid groups (broad SMARTS) is 1. The zero-order valence-electron chi connectivity index (χ0n) is 28.8. The summed E-state index contributed by atoms with van der Waals surface area (Å²) in [6, 6.07) is 14.6.